The summed E-state index contributed by atoms with van der Waals surface area (Å²) in [7, 11) is 0. The summed E-state index contributed by atoms with van der Waals surface area (Å²) in [6.45, 7) is 0. The number of carboxylic acid groups (broad SMARTS) is 1. The minimum absolute atomic E-state index is 0.00792. The van der Waals surface area contributed by atoms with E-state index in [4.69, 9.17) is 5.11 Å². The second-order valence-electron chi connectivity index (χ2n) is 4.17. The summed E-state index contributed by atoms with van der Waals surface area (Å²) in [4.78, 5) is 44.2. The highest BCUT2D eigenvalue weighted by Crippen LogP contribution is 2.42. The number of cyclic esters (lactones) is 2. The predicted octanol–water partition coefficient (Wildman–Crippen LogP) is -0.388. The number of aldehydes is 1. The van der Waals surface area contributed by atoms with E-state index in [1.165, 1.54) is 0 Å². The Hall–Kier alpha value is -1.72. The number of aliphatic carboxylic acids is 1. The van der Waals surface area contributed by atoms with Gasteiger partial charge in [0.2, 0.25) is 0 Å². The maximum absolute atomic E-state index is 11.3. The molecule has 86 valence electrons. The number of carbonyl (C=O) groups excluding carboxylic acids is 3. The molecule has 0 radical (unpaired) electrons. The fourth-order valence-electron chi connectivity index (χ4n) is 2.44. The van der Waals surface area contributed by atoms with Crippen LogP contribution in [0.5, 0.6) is 0 Å². The first-order valence-electron chi connectivity index (χ1n) is 4.98. The molecule has 0 bridgehead atoms. The van der Waals surface area contributed by atoms with Crippen LogP contribution in [0.4, 0.5) is 0 Å². The van der Waals surface area contributed by atoms with Crippen LogP contribution in [-0.4, -0.2) is 29.3 Å². The monoisotopic (exact) mass is 226 g/mol. The molecular weight excluding hydrogens is 216 g/mol. The molecule has 1 aliphatic carbocycles. The van der Waals surface area contributed by atoms with Crippen molar-refractivity contribution in [3.05, 3.63) is 0 Å². The van der Waals surface area contributed by atoms with Crippen molar-refractivity contribution < 1.29 is 29.0 Å². The fourth-order valence-corrected chi connectivity index (χ4v) is 2.44. The highest BCUT2D eigenvalue weighted by Gasteiger charge is 2.52. The summed E-state index contributed by atoms with van der Waals surface area (Å²) in [6, 6.07) is 0. The lowest BCUT2D eigenvalue weighted by Crippen LogP contribution is -2.38. The van der Waals surface area contributed by atoms with Crippen LogP contribution in [0.15, 0.2) is 0 Å². The van der Waals surface area contributed by atoms with Crippen molar-refractivity contribution in [2.24, 2.45) is 23.7 Å². The van der Waals surface area contributed by atoms with Crippen LogP contribution in [0.1, 0.15) is 12.8 Å². The summed E-state index contributed by atoms with van der Waals surface area (Å²) in [5, 5.41) is 8.92. The third-order valence-corrected chi connectivity index (χ3v) is 3.34. The Kier molecular flexibility index (Phi) is 2.49. The molecule has 1 heterocycles. The molecule has 6 heteroatoms. The Morgan fingerprint density at radius 1 is 1.25 bits per heavy atom. The molecule has 16 heavy (non-hydrogen) atoms. The Bertz CT molecular complexity index is 374. The highest BCUT2D eigenvalue weighted by atomic mass is 16.6. The van der Waals surface area contributed by atoms with E-state index in [0.717, 1.165) is 0 Å². The lowest BCUT2D eigenvalue weighted by molar-refractivity contribution is -0.153. The topological polar surface area (TPSA) is 97.7 Å². The number of fused-ring (bicyclic) bond motifs is 1. The van der Waals surface area contributed by atoms with Gasteiger partial charge < -0.3 is 14.6 Å². The maximum atomic E-state index is 11.3. The third-order valence-electron chi connectivity index (χ3n) is 3.34. The molecule has 0 aromatic carbocycles. The van der Waals surface area contributed by atoms with Crippen molar-refractivity contribution in [3.8, 4) is 0 Å². The van der Waals surface area contributed by atoms with E-state index in [0.29, 0.717) is 6.29 Å². The fraction of sp³-hybridized carbons (Fsp3) is 0.600. The van der Waals surface area contributed by atoms with E-state index < -0.39 is 41.6 Å². The number of carbonyl (C=O) groups is 4. The lowest BCUT2D eigenvalue weighted by Gasteiger charge is -2.29. The maximum Gasteiger partial charge on any atom is 0.317 e. The van der Waals surface area contributed by atoms with Gasteiger partial charge in [0.1, 0.15) is 6.29 Å². The molecule has 2 fully saturated rings. The van der Waals surface area contributed by atoms with Crippen molar-refractivity contribution >= 4 is 24.2 Å². The van der Waals surface area contributed by atoms with Gasteiger partial charge in [-0.25, -0.2) is 0 Å². The molecule has 1 N–H and O–H groups in total. The summed E-state index contributed by atoms with van der Waals surface area (Å²) in [5.74, 6) is -5.34. The molecule has 2 aliphatic rings. The number of carboxylic acids is 1. The van der Waals surface area contributed by atoms with Crippen molar-refractivity contribution in [1.82, 2.24) is 0 Å². The van der Waals surface area contributed by atoms with Crippen LogP contribution in [0, 0.1) is 23.7 Å². The smallest absolute Gasteiger partial charge is 0.317 e. The number of rotatable bonds is 2. The zero-order valence-electron chi connectivity index (χ0n) is 8.29. The summed E-state index contributed by atoms with van der Waals surface area (Å²) in [6.07, 6.45) is 0.648. The predicted molar refractivity (Wildman–Crippen MR) is 48.0 cm³/mol. The molecule has 0 amide bonds. The second-order valence-corrected chi connectivity index (χ2v) is 4.17. The van der Waals surface area contributed by atoms with Crippen molar-refractivity contribution in [3.63, 3.8) is 0 Å². The Morgan fingerprint density at radius 2 is 1.81 bits per heavy atom. The van der Waals surface area contributed by atoms with E-state index in [1.807, 2.05) is 0 Å². The first-order chi connectivity index (χ1) is 7.54. The van der Waals surface area contributed by atoms with E-state index in [2.05, 4.69) is 4.74 Å². The summed E-state index contributed by atoms with van der Waals surface area (Å²) < 4.78 is 4.44. The van der Waals surface area contributed by atoms with E-state index >= 15 is 0 Å². The molecule has 2 rings (SSSR count). The Morgan fingerprint density at radius 3 is 2.31 bits per heavy atom. The number of esters is 2. The van der Waals surface area contributed by atoms with E-state index in [9.17, 15) is 19.2 Å². The number of ether oxygens (including phenoxy) is 1. The average molecular weight is 226 g/mol. The van der Waals surface area contributed by atoms with E-state index in [1.54, 1.807) is 0 Å². The number of hydrogen-bond donors (Lipinski definition) is 1. The molecule has 0 spiro atoms. The molecule has 0 aromatic heterocycles. The highest BCUT2D eigenvalue weighted by molar-refractivity contribution is 5.97. The van der Waals surface area contributed by atoms with Gasteiger partial charge in [0, 0.05) is 5.92 Å². The largest absolute Gasteiger partial charge is 0.481 e. The van der Waals surface area contributed by atoms with E-state index in [-0.39, 0.29) is 12.8 Å². The standard InChI is InChI=1S/C10H10O6/c11-3-4-1-6-7(2-5(4)8(12)13)10(15)16-9(6)14/h3-7H,1-2H2,(H,12,13)/t4?,5-,6-,7?/m0/s1. The van der Waals surface area contributed by atoms with Gasteiger partial charge in [-0.1, -0.05) is 0 Å². The van der Waals surface area contributed by atoms with Crippen molar-refractivity contribution in [2.75, 3.05) is 0 Å². The molecule has 4 atom stereocenters. The van der Waals surface area contributed by atoms with Crippen LogP contribution >= 0.6 is 0 Å². The molecule has 1 saturated carbocycles. The summed E-state index contributed by atoms with van der Waals surface area (Å²) >= 11 is 0. The zero-order valence-corrected chi connectivity index (χ0v) is 8.29. The van der Waals surface area contributed by atoms with Crippen molar-refractivity contribution in [1.29, 1.82) is 0 Å². The quantitative estimate of drug-likeness (QED) is 0.391. The first-order valence-corrected chi connectivity index (χ1v) is 4.98. The minimum atomic E-state index is -1.11. The van der Waals surface area contributed by atoms with Gasteiger partial charge in [0.25, 0.3) is 0 Å². The second kappa shape index (κ2) is 3.70. The van der Waals surface area contributed by atoms with Crippen LogP contribution in [0.25, 0.3) is 0 Å². The molecule has 2 unspecified atom stereocenters. The molecular formula is C10H10O6. The molecule has 0 aromatic rings. The van der Waals surface area contributed by atoms with Gasteiger partial charge in [-0.05, 0) is 12.8 Å². The van der Waals surface area contributed by atoms with Gasteiger partial charge >= 0.3 is 17.9 Å². The zero-order chi connectivity index (χ0) is 11.9. The van der Waals surface area contributed by atoms with Gasteiger partial charge in [-0.15, -0.1) is 0 Å². The summed E-state index contributed by atoms with van der Waals surface area (Å²) in [5.41, 5.74) is 0. The van der Waals surface area contributed by atoms with Crippen LogP contribution < -0.4 is 0 Å². The first kappa shape index (κ1) is 10.8. The normalized spacial score (nSPS) is 37.8. The van der Waals surface area contributed by atoms with Gasteiger partial charge in [-0.3, -0.25) is 14.4 Å². The Labute approximate surface area is 90.6 Å². The Balaban J connectivity index is 2.24. The lowest BCUT2D eigenvalue weighted by atomic mass is 9.69. The average Bonchev–Trinajstić information content (AvgIpc) is 2.52. The van der Waals surface area contributed by atoms with Crippen LogP contribution in [-0.2, 0) is 23.9 Å². The minimum Gasteiger partial charge on any atom is -0.481 e. The van der Waals surface area contributed by atoms with Crippen molar-refractivity contribution in [2.45, 2.75) is 12.8 Å². The van der Waals surface area contributed by atoms with Gasteiger partial charge in [0.05, 0.1) is 17.8 Å². The van der Waals surface area contributed by atoms with Crippen LogP contribution in [0.2, 0.25) is 0 Å². The molecule has 1 saturated heterocycles. The van der Waals surface area contributed by atoms with Crippen LogP contribution in [0.3, 0.4) is 0 Å². The number of hydrogen-bond acceptors (Lipinski definition) is 5. The van der Waals surface area contributed by atoms with Gasteiger partial charge in [0.15, 0.2) is 0 Å². The SMILES string of the molecule is O=CC1C[C@@H]2C(=O)OC(=O)C2C[C@@H]1C(=O)O. The molecule has 6 nitrogen and oxygen atoms in total. The molecule has 1 aliphatic heterocycles. The third kappa shape index (κ3) is 1.50. The van der Waals surface area contributed by atoms with Gasteiger partial charge in [-0.2, -0.15) is 0 Å².